The van der Waals surface area contributed by atoms with E-state index in [0.717, 1.165) is 6.07 Å². The molecule has 0 aliphatic carbocycles. The molecule has 0 spiro atoms. The third-order valence-electron chi connectivity index (χ3n) is 2.62. The number of rotatable bonds is 6. The monoisotopic (exact) mass is 276 g/mol. The predicted molar refractivity (Wildman–Crippen MR) is 58.2 cm³/mol. The van der Waals surface area contributed by atoms with Crippen LogP contribution in [0.15, 0.2) is 12.1 Å². The highest BCUT2D eigenvalue weighted by molar-refractivity contribution is 5.76. The molecule has 0 saturated carbocycles. The second-order valence-electron chi connectivity index (χ2n) is 3.94. The van der Waals surface area contributed by atoms with E-state index < -0.39 is 40.9 Å². The molecule has 1 atom stereocenters. The van der Waals surface area contributed by atoms with Crippen LogP contribution in [0, 0.1) is 17.5 Å². The first-order chi connectivity index (χ1) is 8.84. The quantitative estimate of drug-likeness (QED) is 0.783. The third kappa shape index (κ3) is 3.70. The zero-order valence-corrected chi connectivity index (χ0v) is 9.70. The Balaban J connectivity index is 2.97. The molecule has 0 aromatic heterocycles. The third-order valence-corrected chi connectivity index (χ3v) is 2.62. The number of aliphatic carboxylic acids is 2. The maximum atomic E-state index is 13.5. The van der Waals surface area contributed by atoms with Crippen LogP contribution < -0.4 is 0 Å². The van der Waals surface area contributed by atoms with Crippen molar-refractivity contribution in [2.75, 3.05) is 0 Å². The van der Waals surface area contributed by atoms with Crippen molar-refractivity contribution in [1.29, 1.82) is 0 Å². The minimum atomic E-state index is -1.73. The zero-order valence-electron chi connectivity index (χ0n) is 9.70. The number of benzene rings is 1. The minimum absolute atomic E-state index is 0.00919. The van der Waals surface area contributed by atoms with E-state index in [1.807, 2.05) is 0 Å². The van der Waals surface area contributed by atoms with Gasteiger partial charge in [0.1, 0.15) is 0 Å². The fourth-order valence-corrected chi connectivity index (χ4v) is 1.68. The van der Waals surface area contributed by atoms with Crippen LogP contribution in [0.4, 0.5) is 13.2 Å². The first kappa shape index (κ1) is 15.0. The Kier molecular flexibility index (Phi) is 4.91. The van der Waals surface area contributed by atoms with E-state index in [1.165, 1.54) is 0 Å². The molecule has 19 heavy (non-hydrogen) atoms. The van der Waals surface area contributed by atoms with Crippen molar-refractivity contribution in [2.24, 2.45) is 0 Å². The van der Waals surface area contributed by atoms with Crippen molar-refractivity contribution in [3.63, 3.8) is 0 Å². The number of hydrogen-bond donors (Lipinski definition) is 2. The first-order valence-electron chi connectivity index (χ1n) is 5.42. The first-order valence-corrected chi connectivity index (χ1v) is 5.42. The number of carbonyl (C=O) groups is 2. The highest BCUT2D eigenvalue weighted by Crippen LogP contribution is 2.27. The molecular formula is C12H11F3O4. The molecule has 4 nitrogen and oxygen atoms in total. The van der Waals surface area contributed by atoms with Crippen LogP contribution in [0.2, 0.25) is 0 Å². The molecule has 1 aromatic carbocycles. The van der Waals surface area contributed by atoms with Gasteiger partial charge in [-0.3, -0.25) is 9.59 Å². The summed E-state index contributed by atoms with van der Waals surface area (Å²) in [5, 5.41) is 17.4. The minimum Gasteiger partial charge on any atom is -0.481 e. The van der Waals surface area contributed by atoms with E-state index in [-0.39, 0.29) is 19.3 Å². The van der Waals surface area contributed by atoms with Crippen molar-refractivity contribution in [2.45, 2.75) is 25.2 Å². The highest BCUT2D eigenvalue weighted by Gasteiger charge is 2.26. The number of carboxylic acids is 2. The summed E-state index contributed by atoms with van der Waals surface area (Å²) in [6.07, 6.45) is -0.469. The van der Waals surface area contributed by atoms with Crippen molar-refractivity contribution < 1.29 is 33.0 Å². The van der Waals surface area contributed by atoms with Gasteiger partial charge in [0.15, 0.2) is 17.5 Å². The van der Waals surface area contributed by atoms with E-state index in [0.29, 0.717) is 6.07 Å². The van der Waals surface area contributed by atoms with Crippen molar-refractivity contribution >= 4 is 11.9 Å². The molecule has 0 radical (unpaired) electrons. The van der Waals surface area contributed by atoms with E-state index in [9.17, 15) is 22.8 Å². The van der Waals surface area contributed by atoms with Crippen LogP contribution >= 0.6 is 0 Å². The molecule has 1 unspecified atom stereocenters. The lowest BCUT2D eigenvalue weighted by molar-refractivity contribution is -0.140. The average molecular weight is 276 g/mol. The van der Waals surface area contributed by atoms with Crippen LogP contribution in [-0.2, 0) is 9.59 Å². The Labute approximate surface area is 106 Å². The lowest BCUT2D eigenvalue weighted by Crippen LogP contribution is -2.15. The van der Waals surface area contributed by atoms with Gasteiger partial charge in [0.25, 0.3) is 0 Å². The van der Waals surface area contributed by atoms with E-state index >= 15 is 0 Å². The summed E-state index contributed by atoms with van der Waals surface area (Å²) in [5.74, 6) is -8.64. The standard InChI is InChI=1S/C12H11F3O4/c13-8-5-4-6(10(14)11(8)15)7(12(18)19)2-1-3-9(16)17/h4-5,7H,1-3H2,(H,16,17)(H,18,19). The molecule has 0 aliphatic rings. The Morgan fingerprint density at radius 3 is 2.26 bits per heavy atom. The zero-order chi connectivity index (χ0) is 14.6. The number of carboxylic acid groups (broad SMARTS) is 2. The Hall–Kier alpha value is -2.05. The fourth-order valence-electron chi connectivity index (χ4n) is 1.68. The van der Waals surface area contributed by atoms with Crippen molar-refractivity contribution in [3.05, 3.63) is 35.1 Å². The molecule has 0 fully saturated rings. The molecule has 104 valence electrons. The molecular weight excluding hydrogens is 265 g/mol. The second-order valence-corrected chi connectivity index (χ2v) is 3.94. The normalized spacial score (nSPS) is 12.2. The molecule has 2 N–H and O–H groups in total. The fraction of sp³-hybridized carbons (Fsp3) is 0.333. The molecule has 0 saturated heterocycles. The topological polar surface area (TPSA) is 74.6 Å². The summed E-state index contributed by atoms with van der Waals surface area (Å²) in [7, 11) is 0. The van der Waals surface area contributed by atoms with Gasteiger partial charge in [0.05, 0.1) is 5.92 Å². The SMILES string of the molecule is O=C(O)CCCC(C(=O)O)c1ccc(F)c(F)c1F. The number of halogens is 3. The van der Waals surface area contributed by atoms with Crippen LogP contribution in [0.1, 0.15) is 30.7 Å². The highest BCUT2D eigenvalue weighted by atomic mass is 19.2. The summed E-state index contributed by atoms with van der Waals surface area (Å²) in [5.41, 5.74) is -0.489. The summed E-state index contributed by atoms with van der Waals surface area (Å²) in [6.45, 7) is 0. The maximum absolute atomic E-state index is 13.5. The van der Waals surface area contributed by atoms with Gasteiger partial charge in [0, 0.05) is 12.0 Å². The summed E-state index contributed by atoms with van der Waals surface area (Å²) in [4.78, 5) is 21.3. The van der Waals surface area contributed by atoms with E-state index in [4.69, 9.17) is 10.2 Å². The second kappa shape index (κ2) is 6.21. The Bertz CT molecular complexity index is 502. The predicted octanol–water partition coefficient (Wildman–Crippen LogP) is 2.53. The molecule has 1 aromatic rings. The van der Waals surface area contributed by atoms with Gasteiger partial charge in [-0.15, -0.1) is 0 Å². The smallest absolute Gasteiger partial charge is 0.311 e. The van der Waals surface area contributed by atoms with Crippen LogP contribution in [-0.4, -0.2) is 22.2 Å². The van der Waals surface area contributed by atoms with Gasteiger partial charge >= 0.3 is 11.9 Å². The average Bonchev–Trinajstić information content (AvgIpc) is 2.32. The summed E-state index contributed by atoms with van der Waals surface area (Å²) in [6, 6.07) is 1.49. The van der Waals surface area contributed by atoms with Crippen molar-refractivity contribution in [1.82, 2.24) is 0 Å². The van der Waals surface area contributed by atoms with Gasteiger partial charge in [-0.25, -0.2) is 13.2 Å². The molecule has 0 bridgehead atoms. The number of hydrogen-bond acceptors (Lipinski definition) is 2. The molecule has 1 rings (SSSR count). The van der Waals surface area contributed by atoms with Crippen LogP contribution in [0.5, 0.6) is 0 Å². The van der Waals surface area contributed by atoms with Crippen LogP contribution in [0.25, 0.3) is 0 Å². The maximum Gasteiger partial charge on any atom is 0.311 e. The van der Waals surface area contributed by atoms with Gasteiger partial charge in [-0.2, -0.15) is 0 Å². The van der Waals surface area contributed by atoms with E-state index in [2.05, 4.69) is 0 Å². The lowest BCUT2D eigenvalue weighted by Gasteiger charge is -2.13. The van der Waals surface area contributed by atoms with Gasteiger partial charge in [0.2, 0.25) is 0 Å². The van der Waals surface area contributed by atoms with Crippen molar-refractivity contribution in [3.8, 4) is 0 Å². The summed E-state index contributed by atoms with van der Waals surface area (Å²) >= 11 is 0. The molecule has 0 heterocycles. The van der Waals surface area contributed by atoms with Gasteiger partial charge in [-0.1, -0.05) is 6.07 Å². The molecule has 0 amide bonds. The molecule has 0 aliphatic heterocycles. The Morgan fingerprint density at radius 1 is 1.11 bits per heavy atom. The van der Waals surface area contributed by atoms with Gasteiger partial charge < -0.3 is 10.2 Å². The summed E-state index contributed by atoms with van der Waals surface area (Å²) < 4.78 is 39.2. The molecule has 7 heteroatoms. The lowest BCUT2D eigenvalue weighted by atomic mass is 9.93. The Morgan fingerprint density at radius 2 is 1.74 bits per heavy atom. The van der Waals surface area contributed by atoms with Gasteiger partial charge in [-0.05, 0) is 18.9 Å². The van der Waals surface area contributed by atoms with Crippen LogP contribution in [0.3, 0.4) is 0 Å². The van der Waals surface area contributed by atoms with E-state index in [1.54, 1.807) is 0 Å². The largest absolute Gasteiger partial charge is 0.481 e.